The number of hydrogen-bond acceptors (Lipinski definition) is 6. The highest BCUT2D eigenvalue weighted by molar-refractivity contribution is 6.02. The standard InChI is InChI=1S/C18H13FN4O4/c1-26-18(25)13-7-11(19)5-10-6-12(27-16(10)13)8-21-17(24)14-9-20-15-3-2-4-22-23(14)15/h2-7,9H,8H2,1H3,(H,21,24). The van der Waals surface area contributed by atoms with Gasteiger partial charge in [0.25, 0.3) is 5.91 Å². The summed E-state index contributed by atoms with van der Waals surface area (Å²) in [5, 5.41) is 7.17. The normalized spacial score (nSPS) is 11.0. The van der Waals surface area contributed by atoms with Gasteiger partial charge in [-0.05, 0) is 30.3 Å². The Kier molecular flexibility index (Phi) is 4.03. The van der Waals surface area contributed by atoms with Gasteiger partial charge < -0.3 is 14.5 Å². The van der Waals surface area contributed by atoms with Gasteiger partial charge >= 0.3 is 5.97 Å². The van der Waals surface area contributed by atoms with Gasteiger partial charge in [-0.15, -0.1) is 0 Å². The largest absolute Gasteiger partial charge is 0.465 e. The number of carbonyl (C=O) groups is 2. The van der Waals surface area contributed by atoms with Crippen molar-refractivity contribution in [1.29, 1.82) is 0 Å². The first kappa shape index (κ1) is 16.7. The molecule has 0 atom stereocenters. The molecule has 0 aliphatic carbocycles. The quantitative estimate of drug-likeness (QED) is 0.555. The van der Waals surface area contributed by atoms with Crippen molar-refractivity contribution in [2.24, 2.45) is 0 Å². The first-order chi connectivity index (χ1) is 13.1. The summed E-state index contributed by atoms with van der Waals surface area (Å²) in [5.41, 5.74) is 0.993. The van der Waals surface area contributed by atoms with E-state index in [1.54, 1.807) is 24.4 Å². The summed E-state index contributed by atoms with van der Waals surface area (Å²) in [6.07, 6.45) is 2.97. The number of furan rings is 1. The average Bonchev–Trinajstić information content (AvgIpc) is 3.28. The maximum Gasteiger partial charge on any atom is 0.341 e. The van der Waals surface area contributed by atoms with E-state index in [0.717, 1.165) is 6.07 Å². The van der Waals surface area contributed by atoms with Gasteiger partial charge in [-0.25, -0.2) is 18.7 Å². The van der Waals surface area contributed by atoms with Gasteiger partial charge in [-0.2, -0.15) is 5.10 Å². The number of imidazole rings is 1. The van der Waals surface area contributed by atoms with Crippen LogP contribution in [0, 0.1) is 5.82 Å². The number of amides is 1. The lowest BCUT2D eigenvalue weighted by Crippen LogP contribution is -2.24. The molecule has 1 N–H and O–H groups in total. The minimum absolute atomic E-state index is 0.0175. The van der Waals surface area contributed by atoms with Crippen LogP contribution >= 0.6 is 0 Å². The number of ether oxygens (including phenoxy) is 1. The number of hydrogen-bond donors (Lipinski definition) is 1. The van der Waals surface area contributed by atoms with Gasteiger partial charge in [0.1, 0.15) is 28.4 Å². The third-order valence-corrected chi connectivity index (χ3v) is 3.97. The summed E-state index contributed by atoms with van der Waals surface area (Å²) < 4.78 is 25.4. The number of carbonyl (C=O) groups excluding carboxylic acids is 2. The van der Waals surface area contributed by atoms with Crippen LogP contribution in [0.1, 0.15) is 26.6 Å². The van der Waals surface area contributed by atoms with E-state index in [-0.39, 0.29) is 23.4 Å². The topological polar surface area (TPSA) is 98.7 Å². The molecule has 0 fully saturated rings. The molecule has 0 aliphatic rings. The Bertz CT molecular complexity index is 1180. The molecule has 4 aromatic rings. The second-order valence-electron chi connectivity index (χ2n) is 5.70. The van der Waals surface area contributed by atoms with Crippen LogP contribution in [0.4, 0.5) is 4.39 Å². The Morgan fingerprint density at radius 3 is 3.00 bits per heavy atom. The summed E-state index contributed by atoms with van der Waals surface area (Å²) >= 11 is 0. The highest BCUT2D eigenvalue weighted by atomic mass is 19.1. The molecule has 3 aromatic heterocycles. The molecule has 0 bridgehead atoms. The smallest absolute Gasteiger partial charge is 0.341 e. The van der Waals surface area contributed by atoms with Crippen molar-refractivity contribution in [3.8, 4) is 0 Å². The number of esters is 1. The second kappa shape index (κ2) is 6.52. The average molecular weight is 368 g/mol. The lowest BCUT2D eigenvalue weighted by atomic mass is 10.1. The second-order valence-corrected chi connectivity index (χ2v) is 5.70. The molecule has 0 radical (unpaired) electrons. The lowest BCUT2D eigenvalue weighted by molar-refractivity contribution is 0.0601. The number of aromatic nitrogens is 3. The number of benzene rings is 1. The van der Waals surface area contributed by atoms with Gasteiger partial charge in [0.2, 0.25) is 0 Å². The number of nitrogens with one attached hydrogen (secondary N) is 1. The molecule has 8 nitrogen and oxygen atoms in total. The molecule has 0 aliphatic heterocycles. The van der Waals surface area contributed by atoms with Gasteiger partial charge in [0.15, 0.2) is 5.65 Å². The third-order valence-electron chi connectivity index (χ3n) is 3.97. The zero-order valence-corrected chi connectivity index (χ0v) is 14.1. The van der Waals surface area contributed by atoms with Crippen LogP contribution in [-0.2, 0) is 11.3 Å². The van der Waals surface area contributed by atoms with Crippen LogP contribution in [0.5, 0.6) is 0 Å². The molecule has 0 saturated heterocycles. The van der Waals surface area contributed by atoms with E-state index in [1.165, 1.54) is 23.9 Å². The van der Waals surface area contributed by atoms with Gasteiger partial charge in [0, 0.05) is 11.6 Å². The molecule has 1 amide bonds. The van der Waals surface area contributed by atoms with Crippen LogP contribution in [0.25, 0.3) is 16.6 Å². The molecule has 0 spiro atoms. The summed E-state index contributed by atoms with van der Waals surface area (Å²) in [4.78, 5) is 28.3. The van der Waals surface area contributed by atoms with Gasteiger partial charge in [-0.3, -0.25) is 4.79 Å². The minimum Gasteiger partial charge on any atom is -0.465 e. The molecule has 9 heteroatoms. The Hall–Kier alpha value is -3.75. The monoisotopic (exact) mass is 368 g/mol. The highest BCUT2D eigenvalue weighted by Crippen LogP contribution is 2.25. The SMILES string of the molecule is COC(=O)c1cc(F)cc2cc(CNC(=O)c3cnc4cccnn34)oc12. The van der Waals surface area contributed by atoms with Gasteiger partial charge in [0.05, 0.1) is 19.9 Å². The summed E-state index contributed by atoms with van der Waals surface area (Å²) in [7, 11) is 1.20. The van der Waals surface area contributed by atoms with E-state index in [1.807, 2.05) is 0 Å². The van der Waals surface area contributed by atoms with Crippen LogP contribution < -0.4 is 5.32 Å². The van der Waals surface area contributed by atoms with Crippen LogP contribution in [0.2, 0.25) is 0 Å². The van der Waals surface area contributed by atoms with E-state index in [2.05, 4.69) is 20.1 Å². The molecule has 136 valence electrons. The zero-order chi connectivity index (χ0) is 19.0. The number of halogens is 1. The Labute approximate surface area is 151 Å². The Balaban J connectivity index is 1.59. The van der Waals surface area contributed by atoms with Gasteiger partial charge in [-0.1, -0.05) is 0 Å². The first-order valence-corrected chi connectivity index (χ1v) is 7.94. The van der Waals surface area contributed by atoms with Crippen molar-refractivity contribution in [2.45, 2.75) is 6.54 Å². The van der Waals surface area contributed by atoms with Crippen molar-refractivity contribution in [3.63, 3.8) is 0 Å². The van der Waals surface area contributed by atoms with E-state index in [9.17, 15) is 14.0 Å². The van der Waals surface area contributed by atoms with Crippen LogP contribution in [-0.4, -0.2) is 33.6 Å². The van der Waals surface area contributed by atoms with Crippen LogP contribution in [0.15, 0.2) is 47.1 Å². The summed E-state index contributed by atoms with van der Waals surface area (Å²) in [5.74, 6) is -1.34. The number of nitrogens with zero attached hydrogens (tertiary/aromatic N) is 3. The Morgan fingerprint density at radius 1 is 1.33 bits per heavy atom. The fourth-order valence-corrected chi connectivity index (χ4v) is 2.76. The fourth-order valence-electron chi connectivity index (χ4n) is 2.76. The van der Waals surface area contributed by atoms with Crippen molar-refractivity contribution in [1.82, 2.24) is 19.9 Å². The van der Waals surface area contributed by atoms with E-state index < -0.39 is 17.7 Å². The van der Waals surface area contributed by atoms with Crippen molar-refractivity contribution in [3.05, 3.63) is 65.6 Å². The predicted octanol–water partition coefficient (Wildman–Crippen LogP) is 2.33. The zero-order valence-electron chi connectivity index (χ0n) is 14.1. The maximum absolute atomic E-state index is 13.7. The summed E-state index contributed by atoms with van der Waals surface area (Å²) in [6.45, 7) is 0.0375. The third kappa shape index (κ3) is 2.99. The number of fused-ring (bicyclic) bond motifs is 2. The molecule has 3 heterocycles. The molecule has 4 rings (SSSR count). The first-order valence-electron chi connectivity index (χ1n) is 7.94. The highest BCUT2D eigenvalue weighted by Gasteiger charge is 2.18. The maximum atomic E-state index is 13.7. The lowest BCUT2D eigenvalue weighted by Gasteiger charge is -2.02. The van der Waals surface area contributed by atoms with E-state index in [0.29, 0.717) is 16.8 Å². The predicted molar refractivity (Wildman–Crippen MR) is 91.7 cm³/mol. The van der Waals surface area contributed by atoms with Crippen molar-refractivity contribution < 1.29 is 23.1 Å². The van der Waals surface area contributed by atoms with Crippen molar-refractivity contribution in [2.75, 3.05) is 7.11 Å². The molecular weight excluding hydrogens is 355 g/mol. The molecular formula is C18H13FN4O4. The molecule has 0 unspecified atom stereocenters. The number of methoxy groups -OCH3 is 1. The van der Waals surface area contributed by atoms with Crippen LogP contribution in [0.3, 0.4) is 0 Å². The minimum atomic E-state index is -0.707. The molecule has 0 saturated carbocycles. The summed E-state index contributed by atoms with van der Waals surface area (Å²) in [6, 6.07) is 7.29. The Morgan fingerprint density at radius 2 is 2.19 bits per heavy atom. The van der Waals surface area contributed by atoms with Crippen molar-refractivity contribution >= 4 is 28.5 Å². The molecule has 27 heavy (non-hydrogen) atoms. The number of rotatable bonds is 4. The fraction of sp³-hybridized carbons (Fsp3) is 0.111. The van der Waals surface area contributed by atoms with E-state index in [4.69, 9.17) is 4.42 Å². The molecule has 1 aromatic carbocycles. The van der Waals surface area contributed by atoms with E-state index >= 15 is 0 Å².